The summed E-state index contributed by atoms with van der Waals surface area (Å²) < 4.78 is 4.78. The van der Waals surface area contributed by atoms with Gasteiger partial charge in [0.05, 0.1) is 12.7 Å². The Hall–Kier alpha value is -1.80. The first kappa shape index (κ1) is 15.6. The van der Waals surface area contributed by atoms with Crippen LogP contribution in [0, 0.1) is 0 Å². The third kappa shape index (κ3) is 3.45. The molecule has 0 spiro atoms. The molecule has 2 rings (SSSR count). The van der Waals surface area contributed by atoms with Gasteiger partial charge < -0.3 is 4.74 Å². The number of hydrogen-bond acceptors (Lipinski definition) is 2. The smallest absolute Gasteiger partial charge is 0.337 e. The van der Waals surface area contributed by atoms with Crippen molar-refractivity contribution in [2.45, 2.75) is 26.2 Å². The van der Waals surface area contributed by atoms with Gasteiger partial charge >= 0.3 is 5.97 Å². The van der Waals surface area contributed by atoms with Crippen LogP contribution >= 0.6 is 11.6 Å². The summed E-state index contributed by atoms with van der Waals surface area (Å²) in [6.07, 6.45) is 0. The van der Waals surface area contributed by atoms with Gasteiger partial charge in [0.25, 0.3) is 0 Å². The van der Waals surface area contributed by atoms with Crippen molar-refractivity contribution in [1.29, 1.82) is 0 Å². The summed E-state index contributed by atoms with van der Waals surface area (Å²) >= 11 is 6.14. The van der Waals surface area contributed by atoms with E-state index in [1.807, 2.05) is 36.4 Å². The van der Waals surface area contributed by atoms with E-state index in [1.54, 1.807) is 6.07 Å². The summed E-state index contributed by atoms with van der Waals surface area (Å²) in [7, 11) is 1.39. The molecule has 0 aliphatic heterocycles. The number of methoxy groups -OCH3 is 1. The predicted molar refractivity (Wildman–Crippen MR) is 86.9 cm³/mol. The van der Waals surface area contributed by atoms with Gasteiger partial charge in [-0.1, -0.05) is 50.6 Å². The van der Waals surface area contributed by atoms with Crippen molar-refractivity contribution in [3.8, 4) is 11.1 Å². The molecule has 3 heteroatoms. The Morgan fingerprint density at radius 3 is 2.43 bits per heavy atom. The highest BCUT2D eigenvalue weighted by atomic mass is 35.5. The SMILES string of the molecule is COC(=O)c1cccc(-c2ccc(Cl)cc2C(C)(C)C)c1. The van der Waals surface area contributed by atoms with Crippen molar-refractivity contribution < 1.29 is 9.53 Å². The zero-order valence-corrected chi connectivity index (χ0v) is 13.5. The van der Waals surface area contributed by atoms with E-state index in [0.29, 0.717) is 10.6 Å². The molecule has 0 atom stereocenters. The molecule has 0 aliphatic rings. The highest BCUT2D eigenvalue weighted by Gasteiger charge is 2.19. The van der Waals surface area contributed by atoms with Gasteiger partial charge in [-0.3, -0.25) is 0 Å². The van der Waals surface area contributed by atoms with Crippen LogP contribution in [0.3, 0.4) is 0 Å². The Bertz CT molecular complexity index is 669. The monoisotopic (exact) mass is 302 g/mol. The summed E-state index contributed by atoms with van der Waals surface area (Å²) in [5, 5.41) is 0.716. The molecule has 110 valence electrons. The van der Waals surface area contributed by atoms with E-state index in [1.165, 1.54) is 7.11 Å². The van der Waals surface area contributed by atoms with Crippen LogP contribution in [0.15, 0.2) is 42.5 Å². The number of ether oxygens (including phenoxy) is 1. The second-order valence-corrected chi connectivity index (χ2v) is 6.45. The second-order valence-electron chi connectivity index (χ2n) is 6.01. The van der Waals surface area contributed by atoms with Crippen LogP contribution < -0.4 is 0 Å². The largest absolute Gasteiger partial charge is 0.465 e. The Kier molecular flexibility index (Phi) is 4.38. The average Bonchev–Trinajstić information content (AvgIpc) is 2.45. The van der Waals surface area contributed by atoms with Gasteiger partial charge in [0.2, 0.25) is 0 Å². The van der Waals surface area contributed by atoms with Crippen LogP contribution in [0.25, 0.3) is 11.1 Å². The minimum absolute atomic E-state index is 0.0402. The predicted octanol–water partition coefficient (Wildman–Crippen LogP) is 5.09. The number of esters is 1. The molecule has 0 saturated carbocycles. The van der Waals surface area contributed by atoms with Gasteiger partial charge in [-0.05, 0) is 46.4 Å². The third-order valence-electron chi connectivity index (χ3n) is 3.38. The molecule has 0 bridgehead atoms. The van der Waals surface area contributed by atoms with Crippen LogP contribution in [0.4, 0.5) is 0 Å². The molecule has 0 radical (unpaired) electrons. The Morgan fingerprint density at radius 2 is 1.81 bits per heavy atom. The Balaban J connectivity index is 2.60. The average molecular weight is 303 g/mol. The van der Waals surface area contributed by atoms with Crippen molar-refractivity contribution in [2.75, 3.05) is 7.11 Å². The molecule has 21 heavy (non-hydrogen) atoms. The lowest BCUT2D eigenvalue weighted by Crippen LogP contribution is -2.13. The first-order valence-electron chi connectivity index (χ1n) is 6.81. The number of rotatable bonds is 2. The molecule has 0 heterocycles. The van der Waals surface area contributed by atoms with E-state index in [9.17, 15) is 4.79 Å². The van der Waals surface area contributed by atoms with Gasteiger partial charge in [-0.15, -0.1) is 0 Å². The third-order valence-corrected chi connectivity index (χ3v) is 3.62. The van der Waals surface area contributed by atoms with Crippen molar-refractivity contribution >= 4 is 17.6 Å². The minimum atomic E-state index is -0.330. The van der Waals surface area contributed by atoms with Gasteiger partial charge in [0, 0.05) is 5.02 Å². The normalized spacial score (nSPS) is 11.3. The molecule has 2 aromatic carbocycles. The molecule has 0 fully saturated rings. The fraction of sp³-hybridized carbons (Fsp3) is 0.278. The number of carbonyl (C=O) groups excluding carboxylic acids is 1. The standard InChI is InChI=1S/C18H19ClO2/c1-18(2,3)16-11-14(19)8-9-15(16)12-6-5-7-13(10-12)17(20)21-4/h5-11H,1-4H3. The topological polar surface area (TPSA) is 26.3 Å². The minimum Gasteiger partial charge on any atom is -0.465 e. The number of hydrogen-bond donors (Lipinski definition) is 0. The summed E-state index contributed by atoms with van der Waals surface area (Å²) in [5.74, 6) is -0.330. The van der Waals surface area contributed by atoms with E-state index in [4.69, 9.17) is 16.3 Å². The highest BCUT2D eigenvalue weighted by molar-refractivity contribution is 6.30. The van der Waals surface area contributed by atoms with Gasteiger partial charge in [0.1, 0.15) is 0 Å². The number of benzene rings is 2. The Morgan fingerprint density at radius 1 is 1.10 bits per heavy atom. The van der Waals surface area contributed by atoms with E-state index in [0.717, 1.165) is 16.7 Å². The summed E-state index contributed by atoms with van der Waals surface area (Å²) in [4.78, 5) is 11.7. The van der Waals surface area contributed by atoms with E-state index in [-0.39, 0.29) is 11.4 Å². The first-order valence-corrected chi connectivity index (χ1v) is 7.19. The van der Waals surface area contributed by atoms with Crippen molar-refractivity contribution in [3.63, 3.8) is 0 Å². The van der Waals surface area contributed by atoms with Crippen LogP contribution in [0.2, 0.25) is 5.02 Å². The van der Waals surface area contributed by atoms with Crippen molar-refractivity contribution in [1.82, 2.24) is 0 Å². The van der Waals surface area contributed by atoms with E-state index < -0.39 is 0 Å². The van der Waals surface area contributed by atoms with E-state index in [2.05, 4.69) is 20.8 Å². The molecule has 2 nitrogen and oxygen atoms in total. The summed E-state index contributed by atoms with van der Waals surface area (Å²) in [6, 6.07) is 13.3. The molecule has 2 aromatic rings. The zero-order valence-electron chi connectivity index (χ0n) is 12.7. The highest BCUT2D eigenvalue weighted by Crippen LogP contribution is 2.35. The van der Waals surface area contributed by atoms with E-state index >= 15 is 0 Å². The van der Waals surface area contributed by atoms with Crippen molar-refractivity contribution in [3.05, 3.63) is 58.6 Å². The molecular weight excluding hydrogens is 284 g/mol. The van der Waals surface area contributed by atoms with Crippen LogP contribution in [0.5, 0.6) is 0 Å². The lowest BCUT2D eigenvalue weighted by atomic mass is 9.81. The maximum absolute atomic E-state index is 11.7. The first-order chi connectivity index (χ1) is 9.82. The van der Waals surface area contributed by atoms with Crippen LogP contribution in [-0.4, -0.2) is 13.1 Å². The lowest BCUT2D eigenvalue weighted by Gasteiger charge is -2.23. The molecule has 0 N–H and O–H groups in total. The second kappa shape index (κ2) is 5.90. The molecular formula is C18H19ClO2. The van der Waals surface area contributed by atoms with Crippen molar-refractivity contribution in [2.24, 2.45) is 0 Å². The lowest BCUT2D eigenvalue weighted by molar-refractivity contribution is 0.0601. The van der Waals surface area contributed by atoms with Crippen LogP contribution in [0.1, 0.15) is 36.7 Å². The molecule has 0 aliphatic carbocycles. The van der Waals surface area contributed by atoms with Gasteiger partial charge in [-0.2, -0.15) is 0 Å². The molecule has 0 saturated heterocycles. The molecule has 0 aromatic heterocycles. The molecule has 0 unspecified atom stereocenters. The van der Waals surface area contributed by atoms with Gasteiger partial charge in [0.15, 0.2) is 0 Å². The fourth-order valence-electron chi connectivity index (χ4n) is 2.32. The van der Waals surface area contributed by atoms with Crippen LogP contribution in [-0.2, 0) is 10.2 Å². The maximum Gasteiger partial charge on any atom is 0.337 e. The quantitative estimate of drug-likeness (QED) is 0.722. The van der Waals surface area contributed by atoms with Gasteiger partial charge in [-0.25, -0.2) is 4.79 Å². The summed E-state index contributed by atoms with van der Waals surface area (Å²) in [6.45, 7) is 6.44. The Labute approximate surface area is 130 Å². The maximum atomic E-state index is 11.7. The number of halogens is 1. The fourth-order valence-corrected chi connectivity index (χ4v) is 2.49. The zero-order chi connectivity index (χ0) is 15.6. The molecule has 0 amide bonds. The number of carbonyl (C=O) groups is 1. The summed E-state index contributed by atoms with van der Waals surface area (Å²) in [5.41, 5.74) is 3.72.